The van der Waals surface area contributed by atoms with Crippen molar-refractivity contribution in [1.29, 1.82) is 0 Å². The molecule has 1 fully saturated rings. The van der Waals surface area contributed by atoms with Gasteiger partial charge in [0.15, 0.2) is 0 Å². The van der Waals surface area contributed by atoms with Crippen molar-refractivity contribution in [3.8, 4) is 5.88 Å². The number of aromatic nitrogens is 1. The Morgan fingerprint density at radius 3 is 2.55 bits per heavy atom. The third-order valence-corrected chi connectivity index (χ3v) is 5.57. The molecule has 0 bridgehead atoms. The van der Waals surface area contributed by atoms with Crippen LogP contribution in [0.3, 0.4) is 0 Å². The van der Waals surface area contributed by atoms with Gasteiger partial charge in [0.05, 0.1) is 24.7 Å². The Morgan fingerprint density at radius 2 is 2.00 bits per heavy atom. The number of rotatable bonds is 7. The molecule has 1 aliphatic rings. The molecule has 0 radical (unpaired) electrons. The van der Waals surface area contributed by atoms with Crippen molar-refractivity contribution in [1.82, 2.24) is 9.71 Å². The fourth-order valence-corrected chi connectivity index (χ4v) is 3.60. The molecule has 2 rings (SSSR count). The summed E-state index contributed by atoms with van der Waals surface area (Å²) in [5.74, 6) is 1.33. The van der Waals surface area contributed by atoms with Gasteiger partial charge < -0.3 is 10.1 Å². The molecule has 2 N–H and O–H groups in total. The molecule has 0 saturated heterocycles. The minimum absolute atomic E-state index is 0.101. The highest BCUT2D eigenvalue weighted by molar-refractivity contribution is 7.89. The summed E-state index contributed by atoms with van der Waals surface area (Å²) in [6, 6.07) is 3.88. The molecule has 7 heteroatoms. The third-order valence-electron chi connectivity index (χ3n) is 4.11. The Bertz CT molecular complexity index is 552. The first-order chi connectivity index (χ1) is 10.5. The minimum Gasteiger partial charge on any atom is -0.481 e. The van der Waals surface area contributed by atoms with Gasteiger partial charge in [0, 0.05) is 18.7 Å². The summed E-state index contributed by atoms with van der Waals surface area (Å²) in [6.45, 7) is 2.56. The van der Waals surface area contributed by atoms with Crippen LogP contribution in [0.2, 0.25) is 0 Å². The molecule has 1 saturated carbocycles. The van der Waals surface area contributed by atoms with Gasteiger partial charge in [0.1, 0.15) is 0 Å². The Labute approximate surface area is 132 Å². The van der Waals surface area contributed by atoms with Gasteiger partial charge in [0.25, 0.3) is 0 Å². The van der Waals surface area contributed by atoms with Gasteiger partial charge in [-0.3, -0.25) is 0 Å². The molecule has 0 aliphatic heterocycles. The second-order valence-corrected chi connectivity index (χ2v) is 7.75. The highest BCUT2D eigenvalue weighted by atomic mass is 32.2. The summed E-state index contributed by atoms with van der Waals surface area (Å²) < 4.78 is 31.0. The van der Waals surface area contributed by atoms with Gasteiger partial charge in [-0.15, -0.1) is 0 Å². The molecule has 1 aromatic heterocycles. The Balaban J connectivity index is 1.73. The van der Waals surface area contributed by atoms with Crippen LogP contribution in [-0.4, -0.2) is 38.9 Å². The van der Waals surface area contributed by atoms with Crippen molar-refractivity contribution in [2.45, 2.75) is 38.6 Å². The maximum absolute atomic E-state index is 11.6. The zero-order chi connectivity index (χ0) is 16.0. The number of methoxy groups -OCH3 is 1. The first-order valence-electron chi connectivity index (χ1n) is 7.76. The van der Waals surface area contributed by atoms with Crippen molar-refractivity contribution >= 4 is 15.7 Å². The quantitative estimate of drug-likeness (QED) is 0.800. The molecular weight excluding hydrogens is 302 g/mol. The molecule has 0 spiro atoms. The van der Waals surface area contributed by atoms with E-state index >= 15 is 0 Å². The normalized spacial score (nSPS) is 22.3. The van der Waals surface area contributed by atoms with Gasteiger partial charge in [-0.1, -0.05) is 0 Å². The molecule has 0 aromatic carbocycles. The van der Waals surface area contributed by atoms with Crippen LogP contribution in [0.4, 0.5) is 5.69 Å². The lowest BCUT2D eigenvalue weighted by atomic mass is 9.86. The van der Waals surface area contributed by atoms with E-state index in [0.29, 0.717) is 11.8 Å². The Morgan fingerprint density at radius 1 is 1.27 bits per heavy atom. The highest BCUT2D eigenvalue weighted by Gasteiger charge is 2.23. The second-order valence-electron chi connectivity index (χ2n) is 5.71. The van der Waals surface area contributed by atoms with Crippen molar-refractivity contribution < 1.29 is 13.2 Å². The fourth-order valence-electron chi connectivity index (χ4n) is 2.69. The van der Waals surface area contributed by atoms with Crippen LogP contribution in [0, 0.1) is 5.92 Å². The summed E-state index contributed by atoms with van der Waals surface area (Å²) in [7, 11) is -1.49. The first kappa shape index (κ1) is 17.0. The van der Waals surface area contributed by atoms with E-state index in [-0.39, 0.29) is 11.8 Å². The SMILES string of the molecule is CCS(=O)(=O)N[C@H]1CC[C@H](CNc2ccc(OC)nc2)CC1. The highest BCUT2D eigenvalue weighted by Crippen LogP contribution is 2.25. The number of hydrogen-bond donors (Lipinski definition) is 2. The summed E-state index contributed by atoms with van der Waals surface area (Å²) in [5, 5.41) is 3.38. The van der Waals surface area contributed by atoms with Gasteiger partial charge >= 0.3 is 0 Å². The molecule has 0 amide bonds. The molecule has 124 valence electrons. The van der Waals surface area contributed by atoms with Crippen LogP contribution >= 0.6 is 0 Å². The molecule has 0 atom stereocenters. The monoisotopic (exact) mass is 327 g/mol. The van der Waals surface area contributed by atoms with Crippen LogP contribution < -0.4 is 14.8 Å². The number of pyridine rings is 1. The van der Waals surface area contributed by atoms with Crippen molar-refractivity contribution in [3.63, 3.8) is 0 Å². The van der Waals surface area contributed by atoms with E-state index in [9.17, 15) is 8.42 Å². The van der Waals surface area contributed by atoms with E-state index in [1.165, 1.54) is 0 Å². The summed E-state index contributed by atoms with van der Waals surface area (Å²) >= 11 is 0. The maximum Gasteiger partial charge on any atom is 0.213 e. The van der Waals surface area contributed by atoms with Gasteiger partial charge in [0.2, 0.25) is 15.9 Å². The minimum atomic E-state index is -3.08. The molecule has 1 aliphatic carbocycles. The summed E-state index contributed by atoms with van der Waals surface area (Å²) in [5.41, 5.74) is 0.981. The Hall–Kier alpha value is -1.34. The lowest BCUT2D eigenvalue weighted by Crippen LogP contribution is -2.39. The molecule has 1 aromatic rings. The number of sulfonamides is 1. The molecule has 1 heterocycles. The lowest BCUT2D eigenvalue weighted by Gasteiger charge is -2.29. The van der Waals surface area contributed by atoms with Gasteiger partial charge in [-0.2, -0.15) is 0 Å². The van der Waals surface area contributed by atoms with E-state index in [1.54, 1.807) is 20.2 Å². The number of nitrogens with zero attached hydrogens (tertiary/aromatic N) is 1. The van der Waals surface area contributed by atoms with E-state index < -0.39 is 10.0 Å². The third kappa shape index (κ3) is 5.14. The molecule has 6 nitrogen and oxygen atoms in total. The van der Waals surface area contributed by atoms with E-state index in [0.717, 1.165) is 37.9 Å². The topological polar surface area (TPSA) is 80.3 Å². The number of ether oxygens (including phenoxy) is 1. The van der Waals surface area contributed by atoms with Crippen molar-refractivity contribution in [2.75, 3.05) is 24.7 Å². The van der Waals surface area contributed by atoms with Crippen molar-refractivity contribution in [3.05, 3.63) is 18.3 Å². The average Bonchev–Trinajstić information content (AvgIpc) is 2.54. The van der Waals surface area contributed by atoms with Crippen LogP contribution in [-0.2, 0) is 10.0 Å². The fraction of sp³-hybridized carbons (Fsp3) is 0.667. The summed E-state index contributed by atoms with van der Waals surface area (Å²) in [4.78, 5) is 4.16. The van der Waals surface area contributed by atoms with Crippen LogP contribution in [0.1, 0.15) is 32.6 Å². The standard InChI is InChI=1S/C15H25N3O3S/c1-3-22(19,20)18-13-6-4-12(5-7-13)10-16-14-8-9-15(21-2)17-11-14/h8-9,11-13,16,18H,3-7,10H2,1-2H3/t12-,13-. The van der Waals surface area contributed by atoms with Gasteiger partial charge in [-0.05, 0) is 44.6 Å². The van der Waals surface area contributed by atoms with Gasteiger partial charge in [-0.25, -0.2) is 18.1 Å². The maximum atomic E-state index is 11.6. The Kier molecular flexibility index (Phi) is 6.02. The number of anilines is 1. The first-order valence-corrected chi connectivity index (χ1v) is 9.41. The van der Waals surface area contributed by atoms with Crippen molar-refractivity contribution in [2.24, 2.45) is 5.92 Å². The molecule has 22 heavy (non-hydrogen) atoms. The largest absolute Gasteiger partial charge is 0.481 e. The van der Waals surface area contributed by atoms with Crippen LogP contribution in [0.5, 0.6) is 5.88 Å². The van der Waals surface area contributed by atoms with Crippen LogP contribution in [0.25, 0.3) is 0 Å². The number of nitrogens with one attached hydrogen (secondary N) is 2. The smallest absolute Gasteiger partial charge is 0.213 e. The lowest BCUT2D eigenvalue weighted by molar-refractivity contribution is 0.324. The number of hydrogen-bond acceptors (Lipinski definition) is 5. The van der Waals surface area contributed by atoms with E-state index in [2.05, 4.69) is 15.0 Å². The van der Waals surface area contributed by atoms with Crippen LogP contribution in [0.15, 0.2) is 18.3 Å². The second kappa shape index (κ2) is 7.78. The molecular formula is C15H25N3O3S. The summed E-state index contributed by atoms with van der Waals surface area (Å²) in [6.07, 6.45) is 5.65. The van der Waals surface area contributed by atoms with E-state index in [4.69, 9.17) is 4.74 Å². The molecule has 0 unspecified atom stereocenters. The average molecular weight is 327 g/mol. The predicted molar refractivity (Wildman–Crippen MR) is 87.6 cm³/mol. The van der Waals surface area contributed by atoms with E-state index in [1.807, 2.05) is 12.1 Å². The zero-order valence-electron chi connectivity index (χ0n) is 13.2. The predicted octanol–water partition coefficient (Wildman–Crippen LogP) is 2.00. The zero-order valence-corrected chi connectivity index (χ0v) is 14.0.